The lowest BCUT2D eigenvalue weighted by Crippen LogP contribution is -2.27. The van der Waals surface area contributed by atoms with Gasteiger partial charge in [-0.15, -0.1) is 0 Å². The number of carbonyl (C=O) groups excluding carboxylic acids is 1. The van der Waals surface area contributed by atoms with Crippen molar-refractivity contribution in [2.75, 3.05) is 11.9 Å². The van der Waals surface area contributed by atoms with Crippen LogP contribution in [-0.4, -0.2) is 32.1 Å². The molecular weight excluding hydrogens is 523 g/mol. The Morgan fingerprint density at radius 2 is 2.00 bits per heavy atom. The Balaban J connectivity index is 1.48. The van der Waals surface area contributed by atoms with Crippen LogP contribution in [0.1, 0.15) is 18.9 Å². The van der Waals surface area contributed by atoms with E-state index in [1.54, 1.807) is 25.1 Å². The molecular formula is C26H23ClF3N5O3. The van der Waals surface area contributed by atoms with Crippen LogP contribution in [0.5, 0.6) is 11.5 Å². The number of aliphatic hydroxyl groups excluding tert-OH is 1. The molecule has 38 heavy (non-hydrogen) atoms. The standard InChI is InChI=1S/C26H23ClF3N5O3/c1-16(14-36)11-23(37)31-8-10-35-9-7-21-24(35)25(33-15-32-21)34-18-5-6-22(20(27)13-18)38-19-4-2-3-17(12-19)26(28,29)30/h2-7,9,12-15,36H,8,10-11H2,1H3,(H,31,37)(H,32,33,34)/b16-14-. The van der Waals surface area contributed by atoms with Gasteiger partial charge in [0.05, 0.1) is 28.8 Å². The summed E-state index contributed by atoms with van der Waals surface area (Å²) in [5.41, 5.74) is 1.69. The summed E-state index contributed by atoms with van der Waals surface area (Å²) in [6.45, 7) is 2.46. The molecule has 0 aliphatic heterocycles. The van der Waals surface area contributed by atoms with Gasteiger partial charge in [0.2, 0.25) is 5.91 Å². The zero-order valence-corrected chi connectivity index (χ0v) is 20.8. The van der Waals surface area contributed by atoms with Gasteiger partial charge in [-0.05, 0) is 55.0 Å². The molecule has 2 aromatic carbocycles. The molecule has 12 heteroatoms. The minimum Gasteiger partial charge on any atom is -0.516 e. The summed E-state index contributed by atoms with van der Waals surface area (Å²) in [7, 11) is 0. The second kappa shape index (κ2) is 11.4. The molecule has 0 bridgehead atoms. The van der Waals surface area contributed by atoms with Crippen LogP contribution >= 0.6 is 11.6 Å². The van der Waals surface area contributed by atoms with Crippen molar-refractivity contribution in [1.82, 2.24) is 19.9 Å². The summed E-state index contributed by atoms with van der Waals surface area (Å²) < 4.78 is 46.5. The molecule has 0 fully saturated rings. The number of amides is 1. The lowest BCUT2D eigenvalue weighted by Gasteiger charge is -2.13. The zero-order valence-electron chi connectivity index (χ0n) is 20.1. The summed E-state index contributed by atoms with van der Waals surface area (Å²) in [6.07, 6.45) is -0.237. The molecule has 0 saturated carbocycles. The van der Waals surface area contributed by atoms with Crippen molar-refractivity contribution in [2.24, 2.45) is 0 Å². The summed E-state index contributed by atoms with van der Waals surface area (Å²) >= 11 is 6.36. The van der Waals surface area contributed by atoms with E-state index in [9.17, 15) is 18.0 Å². The maximum absolute atomic E-state index is 13.0. The number of nitrogens with one attached hydrogen (secondary N) is 2. The van der Waals surface area contributed by atoms with Crippen molar-refractivity contribution in [3.05, 3.63) is 83.5 Å². The molecule has 0 radical (unpaired) electrons. The van der Waals surface area contributed by atoms with Gasteiger partial charge < -0.3 is 25.0 Å². The molecule has 2 aromatic heterocycles. The Labute approximate surface area is 220 Å². The number of benzene rings is 2. The Bertz CT molecular complexity index is 1490. The molecule has 4 aromatic rings. The fraction of sp³-hybridized carbons (Fsp3) is 0.192. The summed E-state index contributed by atoms with van der Waals surface area (Å²) in [4.78, 5) is 20.6. The summed E-state index contributed by atoms with van der Waals surface area (Å²) in [6, 6.07) is 11.1. The van der Waals surface area contributed by atoms with Gasteiger partial charge >= 0.3 is 6.18 Å². The molecule has 1 amide bonds. The smallest absolute Gasteiger partial charge is 0.416 e. The molecule has 2 heterocycles. The van der Waals surface area contributed by atoms with Crippen LogP contribution in [0.25, 0.3) is 11.0 Å². The number of halogens is 4. The average molecular weight is 546 g/mol. The number of ether oxygens (including phenoxy) is 1. The van der Waals surface area contributed by atoms with Crippen molar-refractivity contribution >= 4 is 40.0 Å². The van der Waals surface area contributed by atoms with Crippen LogP contribution < -0.4 is 15.4 Å². The van der Waals surface area contributed by atoms with Gasteiger partial charge in [-0.2, -0.15) is 13.2 Å². The zero-order chi connectivity index (χ0) is 27.3. The van der Waals surface area contributed by atoms with Crippen LogP contribution in [0.2, 0.25) is 5.02 Å². The minimum atomic E-state index is -4.49. The van der Waals surface area contributed by atoms with Crippen LogP contribution in [0.3, 0.4) is 0 Å². The highest BCUT2D eigenvalue weighted by Crippen LogP contribution is 2.36. The third-order valence-corrected chi connectivity index (χ3v) is 5.76. The van der Waals surface area contributed by atoms with E-state index in [1.165, 1.54) is 18.5 Å². The highest BCUT2D eigenvalue weighted by atomic mass is 35.5. The minimum absolute atomic E-state index is 0.00686. The molecule has 0 spiro atoms. The first kappa shape index (κ1) is 26.8. The lowest BCUT2D eigenvalue weighted by molar-refractivity contribution is -0.137. The molecule has 0 saturated heterocycles. The largest absolute Gasteiger partial charge is 0.516 e. The van der Waals surface area contributed by atoms with Crippen LogP contribution in [-0.2, 0) is 17.5 Å². The first-order chi connectivity index (χ1) is 18.1. The van der Waals surface area contributed by atoms with Crippen LogP contribution in [0.15, 0.2) is 72.9 Å². The van der Waals surface area contributed by atoms with E-state index in [0.29, 0.717) is 41.2 Å². The highest BCUT2D eigenvalue weighted by molar-refractivity contribution is 6.32. The third-order valence-electron chi connectivity index (χ3n) is 5.47. The maximum atomic E-state index is 13.0. The van der Waals surface area contributed by atoms with Crippen LogP contribution in [0.4, 0.5) is 24.7 Å². The monoisotopic (exact) mass is 545 g/mol. The second-order valence-corrected chi connectivity index (χ2v) is 8.77. The predicted octanol–water partition coefficient (Wildman–Crippen LogP) is 6.61. The number of alkyl halides is 3. The van der Waals surface area contributed by atoms with Gasteiger partial charge in [-0.1, -0.05) is 17.7 Å². The van der Waals surface area contributed by atoms with E-state index >= 15 is 0 Å². The first-order valence-corrected chi connectivity index (χ1v) is 11.8. The predicted molar refractivity (Wildman–Crippen MR) is 138 cm³/mol. The quantitative estimate of drug-likeness (QED) is 0.205. The van der Waals surface area contributed by atoms with Gasteiger partial charge in [-0.3, -0.25) is 4.79 Å². The van der Waals surface area contributed by atoms with E-state index in [0.717, 1.165) is 18.4 Å². The molecule has 0 atom stereocenters. The third kappa shape index (κ3) is 6.54. The number of hydrogen-bond donors (Lipinski definition) is 3. The van der Waals surface area contributed by atoms with Gasteiger partial charge in [0.15, 0.2) is 5.82 Å². The van der Waals surface area contributed by atoms with E-state index in [-0.39, 0.29) is 28.8 Å². The Morgan fingerprint density at radius 1 is 1.18 bits per heavy atom. The molecule has 0 unspecified atom stereocenters. The second-order valence-electron chi connectivity index (χ2n) is 8.37. The average Bonchev–Trinajstić information content (AvgIpc) is 3.29. The maximum Gasteiger partial charge on any atom is 0.416 e. The van der Waals surface area contributed by atoms with E-state index < -0.39 is 11.7 Å². The number of nitrogens with zero attached hydrogens (tertiary/aromatic N) is 3. The number of carbonyl (C=O) groups is 1. The highest BCUT2D eigenvalue weighted by Gasteiger charge is 2.30. The number of hydrogen-bond acceptors (Lipinski definition) is 6. The normalized spacial score (nSPS) is 12.0. The summed E-state index contributed by atoms with van der Waals surface area (Å²) in [5, 5.41) is 15.1. The lowest BCUT2D eigenvalue weighted by atomic mass is 10.2. The SMILES string of the molecule is C/C(=C/O)CC(=O)NCCn1ccc2ncnc(Nc3ccc(Oc4cccc(C(F)(F)F)c4)c(Cl)c3)c21. The molecule has 3 N–H and O–H groups in total. The van der Waals surface area contributed by atoms with Crippen molar-refractivity contribution < 1.29 is 27.8 Å². The topological polar surface area (TPSA) is 101 Å². The van der Waals surface area contributed by atoms with Gasteiger partial charge in [0.25, 0.3) is 0 Å². The number of aliphatic hydroxyl groups is 1. The number of fused-ring (bicyclic) bond motifs is 1. The van der Waals surface area contributed by atoms with E-state index in [1.807, 2.05) is 16.8 Å². The van der Waals surface area contributed by atoms with E-state index in [4.69, 9.17) is 21.4 Å². The van der Waals surface area contributed by atoms with Gasteiger partial charge in [0, 0.05) is 25.0 Å². The fourth-order valence-electron chi connectivity index (χ4n) is 3.65. The Morgan fingerprint density at radius 3 is 2.74 bits per heavy atom. The fourth-order valence-corrected chi connectivity index (χ4v) is 3.87. The Kier molecular flexibility index (Phi) is 8.06. The number of aromatic nitrogens is 3. The Hall–Kier alpha value is -4.25. The van der Waals surface area contributed by atoms with Crippen molar-refractivity contribution in [2.45, 2.75) is 26.1 Å². The molecule has 198 valence electrons. The van der Waals surface area contributed by atoms with Crippen molar-refractivity contribution in [1.29, 1.82) is 0 Å². The molecule has 8 nitrogen and oxygen atoms in total. The molecule has 4 rings (SSSR count). The van der Waals surface area contributed by atoms with Gasteiger partial charge in [-0.25, -0.2) is 9.97 Å². The van der Waals surface area contributed by atoms with Crippen LogP contribution in [0, 0.1) is 0 Å². The van der Waals surface area contributed by atoms with Crippen molar-refractivity contribution in [3.63, 3.8) is 0 Å². The van der Waals surface area contributed by atoms with E-state index in [2.05, 4.69) is 20.6 Å². The molecule has 0 aliphatic carbocycles. The molecule has 0 aliphatic rings. The van der Waals surface area contributed by atoms with Gasteiger partial charge in [0.1, 0.15) is 23.3 Å². The first-order valence-electron chi connectivity index (χ1n) is 11.4. The summed E-state index contributed by atoms with van der Waals surface area (Å²) in [5.74, 6) is 0.483. The van der Waals surface area contributed by atoms with Crippen molar-refractivity contribution in [3.8, 4) is 11.5 Å². The number of rotatable bonds is 9. The number of anilines is 2.